The number of hydrogen-bond acceptors (Lipinski definition) is 5. The quantitative estimate of drug-likeness (QED) is 0.662. The molecule has 2 heterocycles. The first-order chi connectivity index (χ1) is 13.9. The molecule has 3 rings (SSSR count). The molecule has 160 valence electrons. The zero-order valence-electron chi connectivity index (χ0n) is 17.3. The van der Waals surface area contributed by atoms with Gasteiger partial charge in [-0.15, -0.1) is 11.3 Å². The Morgan fingerprint density at radius 3 is 2.55 bits per heavy atom. The number of fused-ring (bicyclic) bond motifs is 1. The summed E-state index contributed by atoms with van der Waals surface area (Å²) in [6, 6.07) is 3.96. The Labute approximate surface area is 177 Å². The van der Waals surface area contributed by atoms with E-state index in [2.05, 4.69) is 15.0 Å². The summed E-state index contributed by atoms with van der Waals surface area (Å²) >= 11 is 1.45. The highest BCUT2D eigenvalue weighted by Gasteiger charge is 2.30. The third-order valence-electron chi connectivity index (χ3n) is 5.79. The monoisotopic (exact) mass is 438 g/mol. The lowest BCUT2D eigenvalue weighted by atomic mass is 9.78. The molecule has 1 fully saturated rings. The maximum Gasteiger partial charge on any atom is 0.279 e. The molecule has 0 atom stereocenters. The van der Waals surface area contributed by atoms with E-state index in [4.69, 9.17) is 0 Å². The molecule has 0 spiro atoms. The van der Waals surface area contributed by atoms with Crippen LogP contribution in [0.5, 0.6) is 0 Å². The summed E-state index contributed by atoms with van der Waals surface area (Å²) in [5.41, 5.74) is 1.11. The lowest BCUT2D eigenvalue weighted by molar-refractivity contribution is 0.0965. The average Bonchev–Trinajstić information content (AvgIpc) is 3.12. The van der Waals surface area contributed by atoms with E-state index in [1.54, 1.807) is 13.2 Å². The minimum atomic E-state index is -3.40. The Morgan fingerprint density at radius 2 is 1.93 bits per heavy atom. The summed E-state index contributed by atoms with van der Waals surface area (Å²) in [4.78, 5) is 18.5. The van der Waals surface area contributed by atoms with Crippen LogP contribution in [0.1, 0.15) is 60.7 Å². The van der Waals surface area contributed by atoms with Crippen molar-refractivity contribution >= 4 is 37.7 Å². The second-order valence-electron chi connectivity index (χ2n) is 7.44. The van der Waals surface area contributed by atoms with Gasteiger partial charge in [0.2, 0.25) is 0 Å². The minimum Gasteiger partial charge on any atom is -0.354 e. The highest BCUT2D eigenvalue weighted by Crippen LogP contribution is 2.43. The van der Waals surface area contributed by atoms with Crippen LogP contribution in [0.15, 0.2) is 18.3 Å². The maximum atomic E-state index is 12.4. The molecule has 1 amide bonds. The number of rotatable bonds is 8. The van der Waals surface area contributed by atoms with Crippen molar-refractivity contribution in [1.82, 2.24) is 19.3 Å². The summed E-state index contributed by atoms with van der Waals surface area (Å²) in [6.07, 6.45) is 5.53. The van der Waals surface area contributed by atoms with Gasteiger partial charge in [0.1, 0.15) is 4.83 Å². The molecule has 0 unspecified atom stereocenters. The van der Waals surface area contributed by atoms with Crippen molar-refractivity contribution in [2.24, 2.45) is 5.92 Å². The van der Waals surface area contributed by atoms with Crippen LogP contribution >= 0.6 is 11.3 Å². The van der Waals surface area contributed by atoms with E-state index in [0.717, 1.165) is 46.3 Å². The van der Waals surface area contributed by atoms with Crippen LogP contribution in [0, 0.1) is 5.92 Å². The zero-order chi connectivity index (χ0) is 21.0. The third kappa shape index (κ3) is 4.79. The van der Waals surface area contributed by atoms with Crippen LogP contribution in [-0.4, -0.2) is 50.3 Å². The van der Waals surface area contributed by atoms with Crippen molar-refractivity contribution in [3.8, 4) is 0 Å². The fourth-order valence-electron chi connectivity index (χ4n) is 4.17. The first kappa shape index (κ1) is 22.1. The summed E-state index contributed by atoms with van der Waals surface area (Å²) in [5.74, 6) is 0.566. The first-order valence-electron chi connectivity index (χ1n) is 10.2. The van der Waals surface area contributed by atoms with Gasteiger partial charge in [0.15, 0.2) is 0 Å². The Morgan fingerprint density at radius 1 is 1.24 bits per heavy atom. The second-order valence-corrected chi connectivity index (χ2v) is 10.2. The Kier molecular flexibility index (Phi) is 7.26. The topological polar surface area (TPSA) is 91.4 Å². The number of nitrogens with one attached hydrogen (secondary N) is 2. The molecule has 29 heavy (non-hydrogen) atoms. The van der Waals surface area contributed by atoms with Gasteiger partial charge in [-0.2, -0.15) is 12.7 Å². The van der Waals surface area contributed by atoms with Gasteiger partial charge in [0.25, 0.3) is 16.1 Å². The van der Waals surface area contributed by atoms with E-state index in [1.807, 2.05) is 26.0 Å². The Balaban J connectivity index is 1.69. The third-order valence-corrected chi connectivity index (χ3v) is 8.65. The number of hydrogen-bond donors (Lipinski definition) is 2. The number of aromatic nitrogens is 1. The standard InChI is InChI=1S/C20H30N4O3S2/c1-4-24(5-2)29(26,27)23-13-14-8-10-15(11-9-14)17-16-7-6-12-22-20(16)28-18(17)19(25)21-3/h6-7,12,14-15,23H,4-5,8-11,13H2,1-3H3,(H,21,25). The molecule has 2 N–H and O–H groups in total. The molecule has 2 aromatic rings. The highest BCUT2D eigenvalue weighted by atomic mass is 32.2. The SMILES string of the molecule is CCN(CC)S(=O)(=O)NCC1CCC(c2c(C(=O)NC)sc3ncccc23)CC1. The number of carbonyl (C=O) groups is 1. The van der Waals surface area contributed by atoms with E-state index < -0.39 is 10.2 Å². The maximum absolute atomic E-state index is 12.4. The predicted octanol–water partition coefficient (Wildman–Crippen LogP) is 3.11. The molecule has 0 radical (unpaired) electrons. The van der Waals surface area contributed by atoms with Crippen molar-refractivity contribution in [2.45, 2.75) is 45.4 Å². The largest absolute Gasteiger partial charge is 0.354 e. The Hall–Kier alpha value is -1.55. The van der Waals surface area contributed by atoms with Gasteiger partial charge in [-0.1, -0.05) is 19.9 Å². The molecule has 0 saturated heterocycles. The van der Waals surface area contributed by atoms with E-state index >= 15 is 0 Å². The molecule has 0 aromatic carbocycles. The summed E-state index contributed by atoms with van der Waals surface area (Å²) in [5, 5.41) is 3.82. The van der Waals surface area contributed by atoms with Crippen LogP contribution < -0.4 is 10.0 Å². The predicted molar refractivity (Wildman–Crippen MR) is 118 cm³/mol. The van der Waals surface area contributed by atoms with E-state index in [1.165, 1.54) is 15.6 Å². The minimum absolute atomic E-state index is 0.0582. The molecular weight excluding hydrogens is 408 g/mol. The lowest BCUT2D eigenvalue weighted by Gasteiger charge is -2.30. The molecule has 0 bridgehead atoms. The fraction of sp³-hybridized carbons (Fsp3) is 0.600. The van der Waals surface area contributed by atoms with Crippen LogP contribution in [-0.2, 0) is 10.2 Å². The van der Waals surface area contributed by atoms with Crippen molar-refractivity contribution < 1.29 is 13.2 Å². The van der Waals surface area contributed by atoms with Crippen molar-refractivity contribution in [3.05, 3.63) is 28.8 Å². The van der Waals surface area contributed by atoms with Gasteiger partial charge in [0.05, 0.1) is 4.88 Å². The number of nitrogens with zero attached hydrogens (tertiary/aromatic N) is 2. The van der Waals surface area contributed by atoms with Gasteiger partial charge < -0.3 is 5.32 Å². The van der Waals surface area contributed by atoms with E-state index in [9.17, 15) is 13.2 Å². The van der Waals surface area contributed by atoms with Crippen LogP contribution in [0.2, 0.25) is 0 Å². The highest BCUT2D eigenvalue weighted by molar-refractivity contribution is 7.87. The molecule has 7 nitrogen and oxygen atoms in total. The fourth-order valence-corrected chi connectivity index (χ4v) is 6.66. The molecule has 1 saturated carbocycles. The number of carbonyl (C=O) groups excluding carboxylic acids is 1. The number of pyridine rings is 1. The van der Waals surface area contributed by atoms with E-state index in [0.29, 0.717) is 31.5 Å². The van der Waals surface area contributed by atoms with Crippen molar-refractivity contribution in [2.75, 3.05) is 26.7 Å². The summed E-state index contributed by atoms with van der Waals surface area (Å²) < 4.78 is 28.9. The van der Waals surface area contributed by atoms with Gasteiger partial charge in [-0.3, -0.25) is 4.79 Å². The lowest BCUT2D eigenvalue weighted by Crippen LogP contribution is -2.42. The normalized spacial score (nSPS) is 20.3. The van der Waals surface area contributed by atoms with E-state index in [-0.39, 0.29) is 5.91 Å². The smallest absolute Gasteiger partial charge is 0.279 e. The molecule has 0 aliphatic heterocycles. The zero-order valence-corrected chi connectivity index (χ0v) is 18.9. The van der Waals surface area contributed by atoms with Gasteiger partial charge in [-0.05, 0) is 49.1 Å². The number of amides is 1. The van der Waals surface area contributed by atoms with Gasteiger partial charge in [-0.25, -0.2) is 9.71 Å². The number of thiophene rings is 1. The first-order valence-corrected chi connectivity index (χ1v) is 12.5. The van der Waals surface area contributed by atoms with Crippen LogP contribution in [0.3, 0.4) is 0 Å². The van der Waals surface area contributed by atoms with Gasteiger partial charge in [0, 0.05) is 38.3 Å². The van der Waals surface area contributed by atoms with Crippen molar-refractivity contribution in [3.63, 3.8) is 0 Å². The summed E-state index contributed by atoms with van der Waals surface area (Å²) in [7, 11) is -1.75. The van der Waals surface area contributed by atoms with Crippen LogP contribution in [0.25, 0.3) is 10.2 Å². The average molecular weight is 439 g/mol. The molecule has 1 aliphatic carbocycles. The van der Waals surface area contributed by atoms with Crippen molar-refractivity contribution in [1.29, 1.82) is 0 Å². The molecule has 1 aliphatic rings. The van der Waals surface area contributed by atoms with Gasteiger partial charge >= 0.3 is 0 Å². The molecule has 9 heteroatoms. The second kappa shape index (κ2) is 9.51. The summed E-state index contributed by atoms with van der Waals surface area (Å²) in [6.45, 7) is 5.11. The Bertz CT molecular complexity index is 946. The van der Waals surface area contributed by atoms with Crippen LogP contribution in [0.4, 0.5) is 0 Å². The molecular formula is C20H30N4O3S2. The molecule has 2 aromatic heterocycles.